The summed E-state index contributed by atoms with van der Waals surface area (Å²) in [4.78, 5) is 14.9. The van der Waals surface area contributed by atoms with E-state index in [1.807, 2.05) is 48.2 Å². The molecule has 3 aromatic rings. The van der Waals surface area contributed by atoms with Crippen molar-refractivity contribution in [3.63, 3.8) is 0 Å². The second-order valence-corrected chi connectivity index (χ2v) is 7.09. The van der Waals surface area contributed by atoms with Gasteiger partial charge in [0.25, 0.3) is 5.91 Å². The molecule has 6 heteroatoms. The summed E-state index contributed by atoms with van der Waals surface area (Å²) in [6.45, 7) is 2.74. The molecule has 1 aliphatic heterocycles. The third-order valence-corrected chi connectivity index (χ3v) is 4.88. The van der Waals surface area contributed by atoms with Gasteiger partial charge in [0.2, 0.25) is 0 Å². The number of fused-ring (bicyclic) bond motifs is 1. The second-order valence-electron chi connectivity index (χ2n) is 6.17. The van der Waals surface area contributed by atoms with Gasteiger partial charge in [-0.3, -0.25) is 4.79 Å². The summed E-state index contributed by atoms with van der Waals surface area (Å²) in [5.74, 6) is -0.103. The first-order valence-electron chi connectivity index (χ1n) is 8.22. The molecule has 0 spiro atoms. The number of aromatic nitrogens is 3. The summed E-state index contributed by atoms with van der Waals surface area (Å²) in [6.07, 6.45) is 3.62. The maximum absolute atomic E-state index is 13.0. The van der Waals surface area contributed by atoms with Gasteiger partial charge in [0.05, 0.1) is 17.6 Å². The van der Waals surface area contributed by atoms with E-state index in [9.17, 15) is 4.79 Å². The Bertz CT molecular complexity index is 936. The van der Waals surface area contributed by atoms with Crippen LogP contribution in [0.2, 0.25) is 0 Å². The first kappa shape index (κ1) is 16.0. The van der Waals surface area contributed by atoms with Crippen LogP contribution in [0, 0.1) is 6.92 Å². The van der Waals surface area contributed by atoms with E-state index in [1.165, 1.54) is 5.56 Å². The highest BCUT2D eigenvalue weighted by atomic mass is 79.9. The number of hydrogen-bond acceptors (Lipinski definition) is 3. The first-order chi connectivity index (χ1) is 12.1. The molecule has 0 unspecified atom stereocenters. The molecule has 5 nitrogen and oxygen atoms in total. The summed E-state index contributed by atoms with van der Waals surface area (Å²) in [7, 11) is 0. The van der Waals surface area contributed by atoms with Crippen molar-refractivity contribution in [1.29, 1.82) is 0 Å². The van der Waals surface area contributed by atoms with Crippen LogP contribution in [0.3, 0.4) is 0 Å². The zero-order chi connectivity index (χ0) is 17.4. The van der Waals surface area contributed by atoms with Gasteiger partial charge < -0.3 is 4.90 Å². The molecule has 2 heterocycles. The molecule has 0 aliphatic carbocycles. The van der Waals surface area contributed by atoms with Crippen LogP contribution in [0.5, 0.6) is 0 Å². The van der Waals surface area contributed by atoms with Crippen LogP contribution >= 0.6 is 15.9 Å². The monoisotopic (exact) mass is 396 g/mol. The van der Waals surface area contributed by atoms with Gasteiger partial charge in [-0.1, -0.05) is 39.3 Å². The van der Waals surface area contributed by atoms with E-state index in [2.05, 4.69) is 32.3 Å². The minimum Gasteiger partial charge on any atom is -0.306 e. The maximum atomic E-state index is 13.0. The Morgan fingerprint density at radius 2 is 2.00 bits per heavy atom. The summed E-state index contributed by atoms with van der Waals surface area (Å²) in [5.41, 5.74) is 4.54. The average molecular weight is 397 g/mol. The van der Waals surface area contributed by atoms with E-state index >= 15 is 0 Å². The largest absolute Gasteiger partial charge is 0.306 e. The minimum atomic E-state index is -0.103. The lowest BCUT2D eigenvalue weighted by Crippen LogP contribution is -2.36. The molecule has 25 heavy (non-hydrogen) atoms. The van der Waals surface area contributed by atoms with Crippen molar-refractivity contribution in [3.05, 3.63) is 70.0 Å². The first-order valence-corrected chi connectivity index (χ1v) is 9.01. The topological polar surface area (TPSA) is 51.0 Å². The van der Waals surface area contributed by atoms with E-state index in [0.29, 0.717) is 12.2 Å². The van der Waals surface area contributed by atoms with Crippen molar-refractivity contribution in [2.75, 3.05) is 11.4 Å². The molecule has 0 saturated carbocycles. The lowest BCUT2D eigenvalue weighted by molar-refractivity contribution is 0.0980. The van der Waals surface area contributed by atoms with E-state index in [0.717, 1.165) is 34.3 Å². The molecule has 0 saturated heterocycles. The summed E-state index contributed by atoms with van der Waals surface area (Å²) >= 11 is 3.54. The summed E-state index contributed by atoms with van der Waals surface area (Å²) < 4.78 is 2.68. The second kappa shape index (κ2) is 6.44. The van der Waals surface area contributed by atoms with E-state index in [4.69, 9.17) is 0 Å². The molecule has 0 bridgehead atoms. The van der Waals surface area contributed by atoms with E-state index in [1.54, 1.807) is 10.9 Å². The Balaban J connectivity index is 1.69. The molecule has 4 rings (SSSR count). The fourth-order valence-electron chi connectivity index (χ4n) is 3.33. The Morgan fingerprint density at radius 1 is 1.20 bits per heavy atom. The third kappa shape index (κ3) is 2.98. The smallest absolute Gasteiger partial charge is 0.280 e. The van der Waals surface area contributed by atoms with Crippen LogP contribution in [0.15, 0.2) is 53.1 Å². The van der Waals surface area contributed by atoms with E-state index < -0.39 is 0 Å². The number of para-hydroxylation sites is 1. The molecule has 2 aromatic carbocycles. The van der Waals surface area contributed by atoms with Crippen LogP contribution in [0.1, 0.15) is 28.0 Å². The molecule has 126 valence electrons. The average Bonchev–Trinajstić information content (AvgIpc) is 3.11. The standard InChI is InChI=1S/C19H17BrN4O/c1-13-10-15(20)11-14-6-5-9-23(18(13)14)19(25)17-12-24(22-21-17)16-7-3-2-4-8-16/h2-4,7-8,10-12H,5-6,9H2,1H3. The van der Waals surface area contributed by atoms with Crippen LogP contribution in [-0.2, 0) is 6.42 Å². The summed E-state index contributed by atoms with van der Waals surface area (Å²) in [6, 6.07) is 13.8. The van der Waals surface area contributed by atoms with Gasteiger partial charge >= 0.3 is 0 Å². The molecule has 0 radical (unpaired) electrons. The quantitative estimate of drug-likeness (QED) is 0.659. The zero-order valence-corrected chi connectivity index (χ0v) is 15.4. The Morgan fingerprint density at radius 3 is 2.80 bits per heavy atom. The number of benzene rings is 2. The maximum Gasteiger partial charge on any atom is 0.280 e. The van der Waals surface area contributed by atoms with Crippen molar-refractivity contribution in [2.24, 2.45) is 0 Å². The predicted octanol–water partition coefficient (Wildman–Crippen LogP) is 3.93. The molecule has 0 N–H and O–H groups in total. The van der Waals surface area contributed by atoms with Crippen molar-refractivity contribution in [2.45, 2.75) is 19.8 Å². The highest BCUT2D eigenvalue weighted by Crippen LogP contribution is 2.34. The molecule has 1 aliphatic rings. The highest BCUT2D eigenvalue weighted by Gasteiger charge is 2.27. The van der Waals surface area contributed by atoms with Crippen LogP contribution < -0.4 is 4.90 Å². The fourth-order valence-corrected chi connectivity index (χ4v) is 3.95. The minimum absolute atomic E-state index is 0.103. The number of carbonyl (C=O) groups is 1. The number of aryl methyl sites for hydroxylation is 2. The number of amides is 1. The SMILES string of the molecule is Cc1cc(Br)cc2c1N(C(=O)c1cn(-c3ccccc3)nn1)CCC2. The van der Waals surface area contributed by atoms with Gasteiger partial charge in [-0.25, -0.2) is 4.68 Å². The molecule has 0 atom stereocenters. The van der Waals surface area contributed by atoms with Crippen LogP contribution in [0.4, 0.5) is 5.69 Å². The van der Waals surface area contributed by atoms with E-state index in [-0.39, 0.29) is 5.91 Å². The normalized spacial score (nSPS) is 13.6. The van der Waals surface area contributed by atoms with Crippen molar-refractivity contribution in [1.82, 2.24) is 15.0 Å². The Hall–Kier alpha value is -2.47. The molecular weight excluding hydrogens is 380 g/mol. The van der Waals surface area contributed by atoms with Gasteiger partial charge in [0.15, 0.2) is 5.69 Å². The van der Waals surface area contributed by atoms with Crippen molar-refractivity contribution < 1.29 is 4.79 Å². The van der Waals surface area contributed by atoms with Crippen LogP contribution in [0.25, 0.3) is 5.69 Å². The van der Waals surface area contributed by atoms with Gasteiger partial charge in [-0.15, -0.1) is 5.10 Å². The van der Waals surface area contributed by atoms with Gasteiger partial charge in [0, 0.05) is 11.0 Å². The van der Waals surface area contributed by atoms with Crippen LogP contribution in [-0.4, -0.2) is 27.4 Å². The fraction of sp³-hybridized carbons (Fsp3) is 0.211. The van der Waals surface area contributed by atoms with Crippen molar-refractivity contribution >= 4 is 27.5 Å². The van der Waals surface area contributed by atoms with Gasteiger partial charge in [0.1, 0.15) is 0 Å². The Kier molecular flexibility index (Phi) is 4.13. The number of hydrogen-bond donors (Lipinski definition) is 0. The molecule has 0 fully saturated rings. The summed E-state index contributed by atoms with van der Waals surface area (Å²) in [5, 5.41) is 8.21. The number of carbonyl (C=O) groups excluding carboxylic acids is 1. The number of halogens is 1. The lowest BCUT2D eigenvalue weighted by Gasteiger charge is -2.30. The zero-order valence-electron chi connectivity index (χ0n) is 13.8. The number of rotatable bonds is 2. The Labute approximate surface area is 154 Å². The number of anilines is 1. The third-order valence-electron chi connectivity index (χ3n) is 4.42. The van der Waals surface area contributed by atoms with Gasteiger partial charge in [-0.05, 0) is 55.2 Å². The highest BCUT2D eigenvalue weighted by molar-refractivity contribution is 9.10. The van der Waals surface area contributed by atoms with Crippen molar-refractivity contribution in [3.8, 4) is 5.69 Å². The lowest BCUT2D eigenvalue weighted by atomic mass is 9.98. The van der Waals surface area contributed by atoms with Gasteiger partial charge in [-0.2, -0.15) is 0 Å². The number of nitrogens with zero attached hydrogens (tertiary/aromatic N) is 4. The molecular formula is C19H17BrN4O. The predicted molar refractivity (Wildman–Crippen MR) is 100 cm³/mol. The molecule has 1 amide bonds. The molecule has 1 aromatic heterocycles.